The third-order valence-corrected chi connectivity index (χ3v) is 8.94. The SMILES string of the molecule is C=C/C(=C\C=C(/CC)OC1CCN(C)C1)NC1=N\C=C(/C)C2(C)COC(C)(C)C[C@@H]2N(c2cccc(C(C)(C)O)n2)\C(C)=N\1.CC. The van der Waals surface area contributed by atoms with E-state index in [-0.39, 0.29) is 23.2 Å². The van der Waals surface area contributed by atoms with E-state index >= 15 is 0 Å². The van der Waals surface area contributed by atoms with Gasteiger partial charge in [-0.25, -0.2) is 9.98 Å². The quantitative estimate of drug-likeness (QED) is 0.233. The summed E-state index contributed by atoms with van der Waals surface area (Å²) in [6, 6.07) is 5.75. The number of likely N-dealkylation sites (tertiary alicyclic amines) is 1. The summed E-state index contributed by atoms with van der Waals surface area (Å²) in [5.41, 5.74) is 0.624. The molecular weight excluding hydrogens is 576 g/mol. The molecule has 2 N–H and O–H groups in total. The van der Waals surface area contributed by atoms with Crippen molar-refractivity contribution in [3.63, 3.8) is 0 Å². The van der Waals surface area contributed by atoms with Crippen molar-refractivity contribution >= 4 is 17.6 Å². The molecule has 46 heavy (non-hydrogen) atoms. The van der Waals surface area contributed by atoms with Gasteiger partial charge in [0.15, 0.2) is 0 Å². The second kappa shape index (κ2) is 15.5. The number of hydrogen-bond acceptors (Lipinski definition) is 9. The maximum atomic E-state index is 10.8. The average molecular weight is 635 g/mol. The number of pyridine rings is 1. The van der Waals surface area contributed by atoms with Crippen LogP contribution in [0.2, 0.25) is 0 Å². The van der Waals surface area contributed by atoms with E-state index in [2.05, 4.69) is 63.4 Å². The standard InChI is InChI=1S/C35H52N6O3.C2H6/c1-11-26(16-17-27(12-2)44-28-18-19-40(10)22-28)38-32-36-21-24(3)35(9)23-43-33(5,6)20-30(35)41(25(4)37-32)31-15-13-14-29(39-31)34(7,8)42;1-2/h11,13-17,21,28,30,42H,1,12,18-20,22-23H2,2-10H3,(H,36,38);1-2H3/b24-21+,26-16+,27-17+,37-25+;/t28?,30-,35?;/m0./s1. The number of fused-ring (bicyclic) bond motifs is 1. The van der Waals surface area contributed by atoms with Crippen LogP contribution in [-0.4, -0.2) is 71.3 Å². The summed E-state index contributed by atoms with van der Waals surface area (Å²) in [6.07, 6.45) is 10.4. The predicted molar refractivity (Wildman–Crippen MR) is 191 cm³/mol. The lowest BCUT2D eigenvalue weighted by Crippen LogP contribution is -2.59. The number of nitrogens with one attached hydrogen (secondary N) is 1. The lowest BCUT2D eigenvalue weighted by atomic mass is 9.70. The molecule has 1 aromatic rings. The van der Waals surface area contributed by atoms with E-state index in [1.54, 1.807) is 19.9 Å². The molecule has 1 aromatic heterocycles. The number of aliphatic imine (C=N–C) groups is 2. The van der Waals surface area contributed by atoms with Crippen molar-refractivity contribution in [2.75, 3.05) is 31.6 Å². The number of allylic oxidation sites excluding steroid dienone is 4. The van der Waals surface area contributed by atoms with E-state index in [1.807, 2.05) is 57.3 Å². The van der Waals surface area contributed by atoms with Crippen molar-refractivity contribution in [1.82, 2.24) is 15.2 Å². The van der Waals surface area contributed by atoms with Crippen LogP contribution in [0.3, 0.4) is 0 Å². The predicted octanol–water partition coefficient (Wildman–Crippen LogP) is 7.08. The Balaban J connectivity index is 0.00000282. The van der Waals surface area contributed by atoms with Crippen LogP contribution in [-0.2, 0) is 15.1 Å². The molecule has 0 saturated carbocycles. The fraction of sp³-hybridized carbons (Fsp3) is 0.595. The van der Waals surface area contributed by atoms with Crippen molar-refractivity contribution in [2.45, 2.75) is 112 Å². The van der Waals surface area contributed by atoms with E-state index < -0.39 is 5.60 Å². The van der Waals surface area contributed by atoms with Gasteiger partial charge in [-0.05, 0) is 97.4 Å². The molecule has 3 aliphatic heterocycles. The molecule has 4 heterocycles. The topological polar surface area (TPSA) is 94.8 Å². The minimum atomic E-state index is -1.09. The fourth-order valence-electron chi connectivity index (χ4n) is 5.91. The number of amidine groups is 1. The summed E-state index contributed by atoms with van der Waals surface area (Å²) in [7, 11) is 2.12. The highest BCUT2D eigenvalue weighted by Gasteiger charge is 2.49. The van der Waals surface area contributed by atoms with Gasteiger partial charge in [-0.2, -0.15) is 4.99 Å². The maximum absolute atomic E-state index is 10.8. The third-order valence-electron chi connectivity index (χ3n) is 8.94. The summed E-state index contributed by atoms with van der Waals surface area (Å²) in [6.45, 7) is 26.7. The maximum Gasteiger partial charge on any atom is 0.228 e. The molecule has 0 amide bonds. The van der Waals surface area contributed by atoms with Crippen molar-refractivity contribution < 1.29 is 14.6 Å². The Labute approximate surface area is 277 Å². The Kier molecular flexibility index (Phi) is 12.6. The molecule has 0 aliphatic carbocycles. The van der Waals surface area contributed by atoms with Crippen LogP contribution in [0.5, 0.6) is 0 Å². The van der Waals surface area contributed by atoms with Gasteiger partial charge >= 0.3 is 0 Å². The monoisotopic (exact) mass is 634 g/mol. The number of aliphatic hydroxyl groups is 1. The molecule has 3 atom stereocenters. The molecule has 4 rings (SSSR count). The second-order valence-electron chi connectivity index (χ2n) is 13.6. The van der Waals surface area contributed by atoms with Crippen LogP contribution in [0.4, 0.5) is 5.82 Å². The first-order valence-corrected chi connectivity index (χ1v) is 16.7. The Bertz CT molecular complexity index is 1370. The first-order chi connectivity index (χ1) is 21.6. The molecule has 9 nitrogen and oxygen atoms in total. The zero-order valence-corrected chi connectivity index (χ0v) is 30.1. The van der Waals surface area contributed by atoms with Gasteiger partial charge in [0.2, 0.25) is 5.96 Å². The molecule has 2 unspecified atom stereocenters. The zero-order valence-electron chi connectivity index (χ0n) is 30.1. The number of ether oxygens (including phenoxy) is 2. The largest absolute Gasteiger partial charge is 0.493 e. The van der Waals surface area contributed by atoms with Crippen molar-refractivity contribution in [1.29, 1.82) is 0 Å². The molecule has 3 aliphatic rings. The third kappa shape index (κ3) is 9.17. The second-order valence-corrected chi connectivity index (χ2v) is 13.6. The number of guanidine groups is 1. The molecule has 2 fully saturated rings. The van der Waals surface area contributed by atoms with Gasteiger partial charge in [0, 0.05) is 36.8 Å². The molecule has 254 valence electrons. The van der Waals surface area contributed by atoms with Crippen molar-refractivity contribution in [3.05, 3.63) is 71.9 Å². The van der Waals surface area contributed by atoms with Crippen LogP contribution in [0.1, 0.15) is 94.2 Å². The zero-order chi connectivity index (χ0) is 34.3. The van der Waals surface area contributed by atoms with Crippen LogP contribution < -0.4 is 10.2 Å². The summed E-state index contributed by atoms with van der Waals surface area (Å²) < 4.78 is 12.7. The minimum absolute atomic E-state index is 0.0263. The van der Waals surface area contributed by atoms with Gasteiger partial charge in [0.25, 0.3) is 0 Å². The van der Waals surface area contributed by atoms with Gasteiger partial charge in [0.05, 0.1) is 29.7 Å². The molecule has 0 radical (unpaired) electrons. The first kappa shape index (κ1) is 37.2. The fourth-order valence-corrected chi connectivity index (χ4v) is 5.91. The van der Waals surface area contributed by atoms with Gasteiger partial charge in [-0.15, -0.1) is 0 Å². The van der Waals surface area contributed by atoms with E-state index in [0.29, 0.717) is 18.3 Å². The highest BCUT2D eigenvalue weighted by molar-refractivity contribution is 6.04. The molecule has 2 saturated heterocycles. The smallest absolute Gasteiger partial charge is 0.228 e. The Morgan fingerprint density at radius 2 is 1.93 bits per heavy atom. The van der Waals surface area contributed by atoms with Crippen LogP contribution in [0, 0.1) is 5.41 Å². The Morgan fingerprint density at radius 3 is 2.54 bits per heavy atom. The Morgan fingerprint density at radius 1 is 1.22 bits per heavy atom. The lowest BCUT2D eigenvalue weighted by Gasteiger charge is -2.52. The number of likely N-dealkylation sites (N-methyl/N-ethyl adjacent to an activating group) is 1. The van der Waals surface area contributed by atoms with Gasteiger partial charge in [-0.3, -0.25) is 0 Å². The molecule has 9 heteroatoms. The van der Waals surface area contributed by atoms with Gasteiger partial charge in [-0.1, -0.05) is 40.3 Å². The van der Waals surface area contributed by atoms with Crippen molar-refractivity contribution in [3.8, 4) is 0 Å². The van der Waals surface area contributed by atoms with Crippen LogP contribution >= 0.6 is 0 Å². The van der Waals surface area contributed by atoms with Crippen molar-refractivity contribution in [2.24, 2.45) is 15.4 Å². The van der Waals surface area contributed by atoms with Crippen LogP contribution in [0.15, 0.2) is 76.2 Å². The minimum Gasteiger partial charge on any atom is -0.493 e. The number of rotatable bonds is 8. The normalized spacial score (nSPS) is 29.2. The summed E-state index contributed by atoms with van der Waals surface area (Å²) >= 11 is 0. The Hall–Kier alpha value is -3.27. The number of nitrogens with zero attached hydrogens (tertiary/aromatic N) is 5. The number of anilines is 1. The molecule has 0 spiro atoms. The van der Waals surface area contributed by atoms with Gasteiger partial charge < -0.3 is 29.7 Å². The van der Waals surface area contributed by atoms with E-state index in [1.165, 1.54) is 0 Å². The number of aromatic nitrogens is 1. The highest BCUT2D eigenvalue weighted by Crippen LogP contribution is 2.45. The summed E-state index contributed by atoms with van der Waals surface area (Å²) in [5.74, 6) is 2.82. The first-order valence-electron chi connectivity index (χ1n) is 16.7. The molecule has 0 bridgehead atoms. The lowest BCUT2D eigenvalue weighted by molar-refractivity contribution is -0.105. The molecular formula is C37H58N6O3. The van der Waals surface area contributed by atoms with Gasteiger partial charge in [0.1, 0.15) is 23.4 Å². The van der Waals surface area contributed by atoms with E-state index in [9.17, 15) is 5.11 Å². The average Bonchev–Trinajstić information content (AvgIpc) is 3.44. The van der Waals surface area contributed by atoms with E-state index in [0.717, 1.165) is 61.0 Å². The highest BCUT2D eigenvalue weighted by atomic mass is 16.5. The van der Waals surface area contributed by atoms with Crippen LogP contribution in [0.25, 0.3) is 0 Å². The summed E-state index contributed by atoms with van der Waals surface area (Å²) in [5, 5.41) is 14.2. The number of hydrogen-bond donors (Lipinski definition) is 2. The molecule has 0 aromatic carbocycles. The van der Waals surface area contributed by atoms with E-state index in [4.69, 9.17) is 24.4 Å². The summed E-state index contributed by atoms with van der Waals surface area (Å²) in [4.78, 5) is 19.3.